The SMILES string of the molecule is CC(C1CC1)N1C(=O)CCc2cc(NS(=O)(=O)Cc3ccc(C4CC4)cc3)ccc21. The second-order valence-corrected chi connectivity index (χ2v) is 10.8. The van der Waals surface area contributed by atoms with Gasteiger partial charge in [-0.1, -0.05) is 24.3 Å². The zero-order valence-electron chi connectivity index (χ0n) is 17.3. The summed E-state index contributed by atoms with van der Waals surface area (Å²) >= 11 is 0. The van der Waals surface area contributed by atoms with Crippen LogP contribution in [0, 0.1) is 5.92 Å². The number of nitrogens with one attached hydrogen (secondary N) is 1. The van der Waals surface area contributed by atoms with E-state index >= 15 is 0 Å². The molecule has 0 saturated heterocycles. The number of hydrogen-bond donors (Lipinski definition) is 1. The van der Waals surface area contributed by atoms with E-state index < -0.39 is 10.0 Å². The van der Waals surface area contributed by atoms with Crippen molar-refractivity contribution >= 4 is 27.3 Å². The Morgan fingerprint density at radius 2 is 1.77 bits per heavy atom. The fourth-order valence-electron chi connectivity index (χ4n) is 4.55. The molecule has 2 aliphatic carbocycles. The van der Waals surface area contributed by atoms with Gasteiger partial charge in [-0.2, -0.15) is 0 Å². The van der Waals surface area contributed by atoms with Crippen molar-refractivity contribution in [3.8, 4) is 0 Å². The first kappa shape index (κ1) is 19.6. The Balaban J connectivity index is 1.31. The van der Waals surface area contributed by atoms with Gasteiger partial charge in [0.2, 0.25) is 15.9 Å². The van der Waals surface area contributed by atoms with Crippen LogP contribution in [0.1, 0.15) is 61.6 Å². The number of anilines is 2. The standard InChI is InChI=1S/C24H28N2O3S/c1-16(18-6-7-18)26-23-12-11-22(14-21(23)10-13-24(26)27)25-30(28,29)15-17-2-4-19(5-3-17)20-8-9-20/h2-5,11-12,14,16,18,20,25H,6-10,13,15H2,1H3. The molecule has 2 aromatic carbocycles. The van der Waals surface area contributed by atoms with Gasteiger partial charge in [0, 0.05) is 23.8 Å². The number of aryl methyl sites for hydroxylation is 1. The summed E-state index contributed by atoms with van der Waals surface area (Å²) in [4.78, 5) is 14.5. The Morgan fingerprint density at radius 1 is 1.03 bits per heavy atom. The summed E-state index contributed by atoms with van der Waals surface area (Å²) in [5.74, 6) is 1.38. The number of carbonyl (C=O) groups excluding carboxylic acids is 1. The largest absolute Gasteiger partial charge is 0.309 e. The summed E-state index contributed by atoms with van der Waals surface area (Å²) < 4.78 is 28.2. The molecule has 0 radical (unpaired) electrons. The second-order valence-electron chi connectivity index (χ2n) is 9.06. The minimum Gasteiger partial charge on any atom is -0.309 e. The zero-order valence-corrected chi connectivity index (χ0v) is 18.1. The molecule has 158 valence electrons. The highest BCUT2D eigenvalue weighted by molar-refractivity contribution is 7.91. The predicted octanol–water partition coefficient (Wildman–Crippen LogP) is 4.58. The van der Waals surface area contributed by atoms with E-state index in [1.807, 2.05) is 41.3 Å². The Bertz CT molecular complexity index is 1070. The third kappa shape index (κ3) is 4.10. The molecular formula is C24H28N2O3S. The molecule has 1 aliphatic heterocycles. The van der Waals surface area contributed by atoms with Crippen LogP contribution in [0.3, 0.4) is 0 Å². The predicted molar refractivity (Wildman–Crippen MR) is 119 cm³/mol. The molecule has 5 nitrogen and oxygen atoms in total. The molecule has 1 atom stereocenters. The van der Waals surface area contributed by atoms with Crippen molar-refractivity contribution in [2.24, 2.45) is 5.92 Å². The van der Waals surface area contributed by atoms with E-state index in [0.717, 1.165) is 16.8 Å². The number of benzene rings is 2. The van der Waals surface area contributed by atoms with Gasteiger partial charge in [0.05, 0.1) is 5.75 Å². The average Bonchev–Trinajstić information content (AvgIpc) is 3.60. The summed E-state index contributed by atoms with van der Waals surface area (Å²) in [6.07, 6.45) is 5.97. The minimum atomic E-state index is -3.51. The lowest BCUT2D eigenvalue weighted by Gasteiger charge is -2.35. The van der Waals surface area contributed by atoms with Crippen molar-refractivity contribution in [2.75, 3.05) is 9.62 Å². The summed E-state index contributed by atoms with van der Waals surface area (Å²) in [7, 11) is -3.51. The van der Waals surface area contributed by atoms with Gasteiger partial charge in [-0.25, -0.2) is 8.42 Å². The van der Waals surface area contributed by atoms with Crippen LogP contribution >= 0.6 is 0 Å². The lowest BCUT2D eigenvalue weighted by atomic mass is 9.98. The summed E-state index contributed by atoms with van der Waals surface area (Å²) in [6, 6.07) is 13.7. The maximum atomic E-state index is 12.7. The van der Waals surface area contributed by atoms with Crippen LogP contribution in [0.25, 0.3) is 0 Å². The number of amides is 1. The molecule has 1 amide bonds. The van der Waals surface area contributed by atoms with Crippen molar-refractivity contribution in [3.63, 3.8) is 0 Å². The molecule has 2 aromatic rings. The van der Waals surface area contributed by atoms with E-state index in [9.17, 15) is 13.2 Å². The summed E-state index contributed by atoms with van der Waals surface area (Å²) in [5.41, 5.74) is 4.63. The van der Waals surface area contributed by atoms with Gasteiger partial charge >= 0.3 is 0 Å². The van der Waals surface area contributed by atoms with E-state index in [2.05, 4.69) is 11.6 Å². The van der Waals surface area contributed by atoms with Crippen LogP contribution in [-0.2, 0) is 27.0 Å². The highest BCUT2D eigenvalue weighted by Crippen LogP contribution is 2.41. The van der Waals surface area contributed by atoms with E-state index in [-0.39, 0.29) is 17.7 Å². The van der Waals surface area contributed by atoms with Crippen molar-refractivity contribution in [3.05, 3.63) is 59.2 Å². The van der Waals surface area contributed by atoms with Crippen LogP contribution in [0.5, 0.6) is 0 Å². The molecule has 1 N–H and O–H groups in total. The lowest BCUT2D eigenvalue weighted by Crippen LogP contribution is -2.43. The van der Waals surface area contributed by atoms with Gasteiger partial charge in [0.1, 0.15) is 0 Å². The Hall–Kier alpha value is -2.34. The van der Waals surface area contributed by atoms with Gasteiger partial charge in [-0.15, -0.1) is 0 Å². The zero-order chi connectivity index (χ0) is 20.9. The number of nitrogens with zero attached hydrogens (tertiary/aromatic N) is 1. The van der Waals surface area contributed by atoms with Crippen LogP contribution < -0.4 is 9.62 Å². The van der Waals surface area contributed by atoms with Gasteiger partial charge in [-0.3, -0.25) is 9.52 Å². The third-order valence-electron chi connectivity index (χ3n) is 6.59. The van der Waals surface area contributed by atoms with Gasteiger partial charge in [0.15, 0.2) is 0 Å². The number of hydrogen-bond acceptors (Lipinski definition) is 3. The number of fused-ring (bicyclic) bond motifs is 1. The summed E-state index contributed by atoms with van der Waals surface area (Å²) in [5, 5.41) is 0. The maximum Gasteiger partial charge on any atom is 0.236 e. The first-order chi connectivity index (χ1) is 14.4. The van der Waals surface area contributed by atoms with Gasteiger partial charge in [-0.05, 0) is 85.8 Å². The molecule has 6 heteroatoms. The Labute approximate surface area is 178 Å². The topological polar surface area (TPSA) is 66.5 Å². The van der Waals surface area contributed by atoms with Gasteiger partial charge < -0.3 is 4.90 Å². The molecule has 5 rings (SSSR count). The fraction of sp³-hybridized carbons (Fsp3) is 0.458. The highest BCUT2D eigenvalue weighted by Gasteiger charge is 2.37. The molecule has 0 bridgehead atoms. The first-order valence-corrected chi connectivity index (χ1v) is 12.6. The van der Waals surface area contributed by atoms with Crippen LogP contribution in [-0.4, -0.2) is 20.4 Å². The van der Waals surface area contributed by atoms with Crippen LogP contribution in [0.2, 0.25) is 0 Å². The first-order valence-electron chi connectivity index (χ1n) is 10.9. The number of sulfonamides is 1. The van der Waals surface area contributed by atoms with Crippen LogP contribution in [0.4, 0.5) is 11.4 Å². The molecular weight excluding hydrogens is 396 g/mol. The van der Waals surface area contributed by atoms with Crippen molar-refractivity contribution in [1.29, 1.82) is 0 Å². The van der Waals surface area contributed by atoms with Crippen molar-refractivity contribution in [1.82, 2.24) is 0 Å². The maximum absolute atomic E-state index is 12.7. The Morgan fingerprint density at radius 3 is 2.43 bits per heavy atom. The number of carbonyl (C=O) groups is 1. The lowest BCUT2D eigenvalue weighted by molar-refractivity contribution is -0.119. The third-order valence-corrected chi connectivity index (χ3v) is 7.85. The smallest absolute Gasteiger partial charge is 0.236 e. The molecule has 0 aromatic heterocycles. The average molecular weight is 425 g/mol. The quantitative estimate of drug-likeness (QED) is 0.707. The highest BCUT2D eigenvalue weighted by atomic mass is 32.2. The minimum absolute atomic E-state index is 0.0433. The molecule has 2 fully saturated rings. The molecule has 2 saturated carbocycles. The van der Waals surface area contributed by atoms with Gasteiger partial charge in [0.25, 0.3) is 0 Å². The molecule has 0 spiro atoms. The summed E-state index contributed by atoms with van der Waals surface area (Å²) in [6.45, 7) is 2.12. The van der Waals surface area contributed by atoms with Crippen LogP contribution in [0.15, 0.2) is 42.5 Å². The normalized spacial score (nSPS) is 20.0. The van der Waals surface area contributed by atoms with E-state index in [1.54, 1.807) is 6.07 Å². The molecule has 1 unspecified atom stereocenters. The second kappa shape index (κ2) is 7.41. The van der Waals surface area contributed by atoms with Crippen molar-refractivity contribution in [2.45, 2.75) is 63.2 Å². The molecule has 3 aliphatic rings. The molecule has 1 heterocycles. The Kier molecular flexibility index (Phi) is 4.85. The van der Waals surface area contributed by atoms with E-state index in [4.69, 9.17) is 0 Å². The van der Waals surface area contributed by atoms with E-state index in [0.29, 0.717) is 30.4 Å². The molecule has 30 heavy (non-hydrogen) atoms. The monoisotopic (exact) mass is 424 g/mol. The van der Waals surface area contributed by atoms with Crippen molar-refractivity contribution < 1.29 is 13.2 Å². The number of rotatable bonds is 7. The van der Waals surface area contributed by atoms with E-state index in [1.165, 1.54) is 31.2 Å². The fourth-order valence-corrected chi connectivity index (χ4v) is 5.74.